The second-order valence-electron chi connectivity index (χ2n) is 4.86. The first-order chi connectivity index (χ1) is 9.93. The fraction of sp³-hybridized carbons (Fsp3) is 0.357. The van der Waals surface area contributed by atoms with Crippen LogP contribution in [-0.2, 0) is 6.54 Å². The number of halogens is 1. The number of aromatic carboxylic acids is 1. The zero-order valence-corrected chi connectivity index (χ0v) is 12.1. The van der Waals surface area contributed by atoms with Crippen LogP contribution in [0.15, 0.2) is 18.3 Å². The molecule has 2 aromatic heterocycles. The molecular formula is C14H17FN4O2. The molecule has 0 spiro atoms. The van der Waals surface area contributed by atoms with Crippen LogP contribution < -0.4 is 5.32 Å². The standard InChI is InChI=1S/C14H17FN4O2/c1-4-19-12(10(7-16-19)14(20)21)9-5-6-11(17-8(2)3)18-13(9)15/h5-8H,4H2,1-3H3,(H,17,18)(H,20,21). The summed E-state index contributed by atoms with van der Waals surface area (Å²) in [6, 6.07) is 3.26. The Balaban J connectivity index is 2.52. The molecule has 2 rings (SSSR count). The molecule has 21 heavy (non-hydrogen) atoms. The number of hydrogen-bond acceptors (Lipinski definition) is 4. The summed E-state index contributed by atoms with van der Waals surface area (Å²) in [4.78, 5) is 15.1. The molecule has 0 fully saturated rings. The monoisotopic (exact) mass is 292 g/mol. The van der Waals surface area contributed by atoms with Gasteiger partial charge in [-0.1, -0.05) is 0 Å². The van der Waals surface area contributed by atoms with Gasteiger partial charge in [-0.15, -0.1) is 0 Å². The predicted octanol–water partition coefficient (Wildman–Crippen LogP) is 2.62. The van der Waals surface area contributed by atoms with Crippen molar-refractivity contribution in [2.24, 2.45) is 0 Å². The molecule has 6 nitrogen and oxygen atoms in total. The highest BCUT2D eigenvalue weighted by molar-refractivity contribution is 5.94. The Morgan fingerprint density at radius 1 is 1.48 bits per heavy atom. The lowest BCUT2D eigenvalue weighted by atomic mass is 10.1. The quantitative estimate of drug-likeness (QED) is 0.828. The summed E-state index contributed by atoms with van der Waals surface area (Å²) in [7, 11) is 0. The summed E-state index contributed by atoms with van der Waals surface area (Å²) in [6.45, 7) is 6.08. The lowest BCUT2D eigenvalue weighted by Gasteiger charge is -2.11. The first-order valence-electron chi connectivity index (χ1n) is 6.66. The summed E-state index contributed by atoms with van der Waals surface area (Å²) >= 11 is 0. The van der Waals surface area contributed by atoms with Crippen molar-refractivity contribution in [3.05, 3.63) is 29.8 Å². The van der Waals surface area contributed by atoms with Gasteiger partial charge in [0.15, 0.2) is 0 Å². The molecule has 0 aliphatic carbocycles. The van der Waals surface area contributed by atoms with E-state index < -0.39 is 11.9 Å². The van der Waals surface area contributed by atoms with Gasteiger partial charge in [0, 0.05) is 12.6 Å². The van der Waals surface area contributed by atoms with E-state index in [9.17, 15) is 14.3 Å². The highest BCUT2D eigenvalue weighted by Crippen LogP contribution is 2.27. The van der Waals surface area contributed by atoms with Gasteiger partial charge in [-0.25, -0.2) is 9.78 Å². The number of hydrogen-bond donors (Lipinski definition) is 2. The Kier molecular flexibility index (Phi) is 4.21. The molecule has 0 radical (unpaired) electrons. The van der Waals surface area contributed by atoms with Crippen LogP contribution in [0.3, 0.4) is 0 Å². The fourth-order valence-electron chi connectivity index (χ4n) is 2.05. The number of nitrogens with zero attached hydrogens (tertiary/aromatic N) is 3. The van der Waals surface area contributed by atoms with Crippen LogP contribution in [-0.4, -0.2) is 31.9 Å². The minimum Gasteiger partial charge on any atom is -0.478 e. The number of aryl methyl sites for hydroxylation is 1. The molecule has 0 amide bonds. The van der Waals surface area contributed by atoms with Crippen molar-refractivity contribution in [3.63, 3.8) is 0 Å². The zero-order chi connectivity index (χ0) is 15.6. The highest BCUT2D eigenvalue weighted by Gasteiger charge is 2.21. The Hall–Kier alpha value is -2.44. The Bertz CT molecular complexity index is 667. The van der Waals surface area contributed by atoms with Gasteiger partial charge in [-0.3, -0.25) is 4.68 Å². The van der Waals surface area contributed by atoms with E-state index in [-0.39, 0.29) is 22.9 Å². The van der Waals surface area contributed by atoms with E-state index in [2.05, 4.69) is 15.4 Å². The Labute approximate surface area is 121 Å². The summed E-state index contributed by atoms with van der Waals surface area (Å²) < 4.78 is 15.7. The lowest BCUT2D eigenvalue weighted by Crippen LogP contribution is -2.12. The number of anilines is 1. The summed E-state index contributed by atoms with van der Waals surface area (Å²) in [6.07, 6.45) is 1.22. The third kappa shape index (κ3) is 3.01. The first kappa shape index (κ1) is 15.0. The minimum absolute atomic E-state index is 0.0397. The first-order valence-corrected chi connectivity index (χ1v) is 6.66. The van der Waals surface area contributed by atoms with Gasteiger partial charge < -0.3 is 10.4 Å². The van der Waals surface area contributed by atoms with Crippen molar-refractivity contribution in [2.45, 2.75) is 33.4 Å². The van der Waals surface area contributed by atoms with Crippen LogP contribution in [0, 0.1) is 5.95 Å². The molecule has 2 aromatic rings. The molecule has 0 aliphatic rings. The highest BCUT2D eigenvalue weighted by atomic mass is 19.1. The Morgan fingerprint density at radius 2 is 2.19 bits per heavy atom. The fourth-order valence-corrected chi connectivity index (χ4v) is 2.05. The van der Waals surface area contributed by atoms with Gasteiger partial charge >= 0.3 is 5.97 Å². The van der Waals surface area contributed by atoms with Crippen molar-refractivity contribution in [1.29, 1.82) is 0 Å². The summed E-state index contributed by atoms with van der Waals surface area (Å²) in [5, 5.41) is 16.2. The SMILES string of the molecule is CCn1ncc(C(=O)O)c1-c1ccc(NC(C)C)nc1F. The number of nitrogens with one attached hydrogen (secondary N) is 1. The van der Waals surface area contributed by atoms with Crippen molar-refractivity contribution >= 4 is 11.8 Å². The van der Waals surface area contributed by atoms with Gasteiger partial charge in [0.1, 0.15) is 11.4 Å². The van der Waals surface area contributed by atoms with Crippen LogP contribution >= 0.6 is 0 Å². The molecule has 7 heteroatoms. The molecule has 0 saturated heterocycles. The Morgan fingerprint density at radius 3 is 2.71 bits per heavy atom. The third-order valence-electron chi connectivity index (χ3n) is 2.91. The molecule has 0 aliphatic heterocycles. The van der Waals surface area contributed by atoms with Gasteiger partial charge in [0.05, 0.1) is 17.5 Å². The second kappa shape index (κ2) is 5.90. The number of carboxylic acids is 1. The maximum atomic E-state index is 14.2. The molecule has 0 unspecified atom stereocenters. The van der Waals surface area contributed by atoms with E-state index in [1.807, 2.05) is 20.8 Å². The predicted molar refractivity (Wildman–Crippen MR) is 76.8 cm³/mol. The van der Waals surface area contributed by atoms with E-state index in [4.69, 9.17) is 0 Å². The number of pyridine rings is 1. The van der Waals surface area contributed by atoms with Crippen LogP contribution in [0.1, 0.15) is 31.1 Å². The smallest absolute Gasteiger partial charge is 0.339 e. The molecule has 112 valence electrons. The van der Waals surface area contributed by atoms with E-state index in [0.29, 0.717) is 12.4 Å². The van der Waals surface area contributed by atoms with E-state index in [1.165, 1.54) is 16.9 Å². The van der Waals surface area contributed by atoms with E-state index in [1.54, 1.807) is 6.07 Å². The number of aromatic nitrogens is 3. The summed E-state index contributed by atoms with van der Waals surface area (Å²) in [5.74, 6) is -1.46. The largest absolute Gasteiger partial charge is 0.478 e. The zero-order valence-electron chi connectivity index (χ0n) is 12.1. The van der Waals surface area contributed by atoms with Crippen LogP contribution in [0.2, 0.25) is 0 Å². The third-order valence-corrected chi connectivity index (χ3v) is 2.91. The average Bonchev–Trinajstić information content (AvgIpc) is 2.81. The van der Waals surface area contributed by atoms with Crippen LogP contribution in [0.25, 0.3) is 11.3 Å². The maximum absolute atomic E-state index is 14.2. The normalized spacial score (nSPS) is 10.9. The maximum Gasteiger partial charge on any atom is 0.339 e. The topological polar surface area (TPSA) is 80.0 Å². The van der Waals surface area contributed by atoms with Gasteiger partial charge in [0.2, 0.25) is 5.95 Å². The number of carbonyl (C=O) groups is 1. The van der Waals surface area contributed by atoms with E-state index >= 15 is 0 Å². The summed E-state index contributed by atoms with van der Waals surface area (Å²) in [5.41, 5.74) is 0.314. The molecule has 0 saturated carbocycles. The van der Waals surface area contributed by atoms with Gasteiger partial charge in [-0.2, -0.15) is 9.49 Å². The van der Waals surface area contributed by atoms with Crippen molar-refractivity contribution in [2.75, 3.05) is 5.32 Å². The molecule has 0 aromatic carbocycles. The average molecular weight is 292 g/mol. The molecular weight excluding hydrogens is 275 g/mol. The van der Waals surface area contributed by atoms with Crippen molar-refractivity contribution in [1.82, 2.24) is 14.8 Å². The number of rotatable bonds is 5. The molecule has 0 atom stereocenters. The molecule has 2 heterocycles. The van der Waals surface area contributed by atoms with Crippen molar-refractivity contribution < 1.29 is 14.3 Å². The molecule has 0 bridgehead atoms. The van der Waals surface area contributed by atoms with Crippen LogP contribution in [0.4, 0.5) is 10.2 Å². The van der Waals surface area contributed by atoms with Crippen LogP contribution in [0.5, 0.6) is 0 Å². The second-order valence-corrected chi connectivity index (χ2v) is 4.86. The van der Waals surface area contributed by atoms with E-state index in [0.717, 1.165) is 0 Å². The number of carboxylic acid groups (broad SMARTS) is 1. The lowest BCUT2D eigenvalue weighted by molar-refractivity contribution is 0.0697. The van der Waals surface area contributed by atoms with Crippen molar-refractivity contribution in [3.8, 4) is 11.3 Å². The molecule has 2 N–H and O–H groups in total. The minimum atomic E-state index is -1.14. The van der Waals surface area contributed by atoms with Gasteiger partial charge in [-0.05, 0) is 32.9 Å². The van der Waals surface area contributed by atoms with Gasteiger partial charge in [0.25, 0.3) is 0 Å².